The summed E-state index contributed by atoms with van der Waals surface area (Å²) in [5, 5.41) is 13.9. The van der Waals surface area contributed by atoms with Gasteiger partial charge in [0.25, 0.3) is 0 Å². The Morgan fingerprint density at radius 3 is 2.79 bits per heavy atom. The molecular formula is C10H17N3O. The van der Waals surface area contributed by atoms with Crippen LogP contribution in [0.25, 0.3) is 0 Å². The third kappa shape index (κ3) is 1.81. The second-order valence-electron chi connectivity index (χ2n) is 4.25. The van der Waals surface area contributed by atoms with Crippen molar-refractivity contribution in [2.45, 2.75) is 25.5 Å². The van der Waals surface area contributed by atoms with Crippen LogP contribution in [0.4, 0.5) is 0 Å². The fourth-order valence-electron chi connectivity index (χ4n) is 1.93. The zero-order valence-corrected chi connectivity index (χ0v) is 8.77. The van der Waals surface area contributed by atoms with E-state index in [0.717, 1.165) is 26.1 Å². The van der Waals surface area contributed by atoms with Crippen LogP contribution in [0.2, 0.25) is 0 Å². The Balaban J connectivity index is 1.85. The van der Waals surface area contributed by atoms with Crippen molar-refractivity contribution in [3.05, 3.63) is 18.0 Å². The van der Waals surface area contributed by atoms with E-state index in [-0.39, 0.29) is 0 Å². The standard InChI is InChI=1S/C10H17N3O/c1-3-10(14)7-13(8-10)6-9-4-11-12(2)5-9/h4-5,14H,3,6-8H2,1-2H3. The number of aromatic nitrogens is 2. The fraction of sp³-hybridized carbons (Fsp3) is 0.700. The van der Waals surface area contributed by atoms with Gasteiger partial charge in [-0.25, -0.2) is 0 Å². The summed E-state index contributed by atoms with van der Waals surface area (Å²) in [6.45, 7) is 4.51. The highest BCUT2D eigenvalue weighted by Gasteiger charge is 2.39. The van der Waals surface area contributed by atoms with Crippen molar-refractivity contribution >= 4 is 0 Å². The van der Waals surface area contributed by atoms with E-state index >= 15 is 0 Å². The van der Waals surface area contributed by atoms with E-state index < -0.39 is 5.60 Å². The highest BCUT2D eigenvalue weighted by molar-refractivity contribution is 5.06. The van der Waals surface area contributed by atoms with Gasteiger partial charge in [-0.15, -0.1) is 0 Å². The number of β-amino-alcohol motifs (C(OH)–C–C–N with tert-alkyl or cyclic N) is 1. The first-order chi connectivity index (χ1) is 6.61. The van der Waals surface area contributed by atoms with Crippen LogP contribution >= 0.6 is 0 Å². The molecule has 0 saturated carbocycles. The number of rotatable bonds is 3. The third-order valence-corrected chi connectivity index (χ3v) is 2.86. The molecule has 0 spiro atoms. The summed E-state index contributed by atoms with van der Waals surface area (Å²) in [4.78, 5) is 2.24. The zero-order valence-electron chi connectivity index (χ0n) is 8.77. The minimum absolute atomic E-state index is 0.428. The van der Waals surface area contributed by atoms with Crippen molar-refractivity contribution in [1.29, 1.82) is 0 Å². The van der Waals surface area contributed by atoms with Crippen LogP contribution < -0.4 is 0 Å². The maximum atomic E-state index is 9.81. The fourth-order valence-corrected chi connectivity index (χ4v) is 1.93. The molecule has 0 radical (unpaired) electrons. The molecule has 0 atom stereocenters. The van der Waals surface area contributed by atoms with Crippen molar-refractivity contribution < 1.29 is 5.11 Å². The Bertz CT molecular complexity index is 315. The molecule has 0 amide bonds. The lowest BCUT2D eigenvalue weighted by atomic mass is 9.91. The van der Waals surface area contributed by atoms with E-state index in [2.05, 4.69) is 10.00 Å². The zero-order chi connectivity index (χ0) is 10.2. The largest absolute Gasteiger partial charge is 0.387 e. The maximum absolute atomic E-state index is 9.81. The Hall–Kier alpha value is -0.870. The van der Waals surface area contributed by atoms with Gasteiger partial charge in [0, 0.05) is 38.4 Å². The van der Waals surface area contributed by atoms with Gasteiger partial charge in [-0.1, -0.05) is 6.92 Å². The molecule has 0 aliphatic carbocycles. The van der Waals surface area contributed by atoms with Crippen molar-refractivity contribution in [2.75, 3.05) is 13.1 Å². The molecule has 0 bridgehead atoms. The second-order valence-corrected chi connectivity index (χ2v) is 4.25. The summed E-state index contributed by atoms with van der Waals surface area (Å²) in [6, 6.07) is 0. The normalized spacial score (nSPS) is 20.8. The van der Waals surface area contributed by atoms with Crippen LogP contribution in [0.1, 0.15) is 18.9 Å². The van der Waals surface area contributed by atoms with Gasteiger partial charge in [-0.3, -0.25) is 9.58 Å². The van der Waals surface area contributed by atoms with E-state index in [1.165, 1.54) is 5.56 Å². The Morgan fingerprint density at radius 1 is 1.57 bits per heavy atom. The van der Waals surface area contributed by atoms with Gasteiger partial charge in [-0.05, 0) is 6.42 Å². The number of nitrogens with zero attached hydrogens (tertiary/aromatic N) is 3. The third-order valence-electron chi connectivity index (χ3n) is 2.86. The summed E-state index contributed by atoms with van der Waals surface area (Å²) in [6.07, 6.45) is 4.74. The maximum Gasteiger partial charge on any atom is 0.0897 e. The first kappa shape index (κ1) is 9.68. The van der Waals surface area contributed by atoms with Gasteiger partial charge in [0.1, 0.15) is 0 Å². The van der Waals surface area contributed by atoms with Crippen molar-refractivity contribution in [3.63, 3.8) is 0 Å². The van der Waals surface area contributed by atoms with Crippen LogP contribution in [0.15, 0.2) is 12.4 Å². The number of likely N-dealkylation sites (tertiary alicyclic amines) is 1. The summed E-state index contributed by atoms with van der Waals surface area (Å²) < 4.78 is 1.81. The lowest BCUT2D eigenvalue weighted by molar-refractivity contribution is -0.103. The van der Waals surface area contributed by atoms with Gasteiger partial charge < -0.3 is 5.11 Å². The van der Waals surface area contributed by atoms with Gasteiger partial charge in [0.2, 0.25) is 0 Å². The minimum atomic E-state index is -0.428. The topological polar surface area (TPSA) is 41.3 Å². The molecule has 0 unspecified atom stereocenters. The van der Waals surface area contributed by atoms with Crippen LogP contribution in [0.5, 0.6) is 0 Å². The number of hydrogen-bond donors (Lipinski definition) is 1. The quantitative estimate of drug-likeness (QED) is 0.758. The van der Waals surface area contributed by atoms with Gasteiger partial charge >= 0.3 is 0 Å². The summed E-state index contributed by atoms with van der Waals surface area (Å²) in [7, 11) is 1.92. The molecule has 14 heavy (non-hydrogen) atoms. The van der Waals surface area contributed by atoms with Crippen molar-refractivity contribution in [3.8, 4) is 0 Å². The van der Waals surface area contributed by atoms with Crippen LogP contribution in [0, 0.1) is 0 Å². The number of hydrogen-bond acceptors (Lipinski definition) is 3. The van der Waals surface area contributed by atoms with Crippen LogP contribution in [-0.4, -0.2) is 38.5 Å². The van der Waals surface area contributed by atoms with E-state index in [1.807, 2.05) is 26.4 Å². The molecule has 1 aromatic heterocycles. The van der Waals surface area contributed by atoms with Crippen molar-refractivity contribution in [2.24, 2.45) is 7.05 Å². The summed E-state index contributed by atoms with van der Waals surface area (Å²) in [5.41, 5.74) is 0.785. The molecule has 1 saturated heterocycles. The molecule has 2 heterocycles. The molecule has 78 valence electrons. The second kappa shape index (κ2) is 3.37. The van der Waals surface area contributed by atoms with Crippen LogP contribution in [-0.2, 0) is 13.6 Å². The molecule has 1 fully saturated rings. The van der Waals surface area contributed by atoms with E-state index in [1.54, 1.807) is 4.68 Å². The minimum Gasteiger partial charge on any atom is -0.387 e. The average Bonchev–Trinajstić information content (AvgIpc) is 2.48. The van der Waals surface area contributed by atoms with E-state index in [0.29, 0.717) is 0 Å². The van der Waals surface area contributed by atoms with Crippen molar-refractivity contribution in [1.82, 2.24) is 14.7 Å². The molecule has 1 aliphatic heterocycles. The number of aliphatic hydroxyl groups is 1. The van der Waals surface area contributed by atoms with Gasteiger partial charge in [0.15, 0.2) is 0 Å². The number of aryl methyl sites for hydroxylation is 1. The smallest absolute Gasteiger partial charge is 0.0897 e. The van der Waals surface area contributed by atoms with E-state index in [9.17, 15) is 5.11 Å². The molecule has 1 N–H and O–H groups in total. The first-order valence-electron chi connectivity index (χ1n) is 5.03. The molecule has 1 aromatic rings. The lowest BCUT2D eigenvalue weighted by Gasteiger charge is -2.46. The highest BCUT2D eigenvalue weighted by Crippen LogP contribution is 2.25. The van der Waals surface area contributed by atoms with Crippen LogP contribution in [0.3, 0.4) is 0 Å². The molecule has 4 heteroatoms. The Kier molecular flexibility index (Phi) is 2.33. The Morgan fingerprint density at radius 2 is 2.29 bits per heavy atom. The summed E-state index contributed by atoms with van der Waals surface area (Å²) in [5.74, 6) is 0. The highest BCUT2D eigenvalue weighted by atomic mass is 16.3. The monoisotopic (exact) mass is 195 g/mol. The molecule has 4 nitrogen and oxygen atoms in total. The SMILES string of the molecule is CCC1(O)CN(Cc2cnn(C)c2)C1. The first-order valence-corrected chi connectivity index (χ1v) is 5.03. The molecule has 2 rings (SSSR count). The van der Waals surface area contributed by atoms with Gasteiger partial charge in [-0.2, -0.15) is 5.10 Å². The van der Waals surface area contributed by atoms with Gasteiger partial charge in [0.05, 0.1) is 11.8 Å². The predicted octanol–water partition coefficient (Wildman–Crippen LogP) is 0.377. The molecule has 1 aliphatic rings. The molecular weight excluding hydrogens is 178 g/mol. The lowest BCUT2D eigenvalue weighted by Crippen LogP contribution is -2.60. The molecule has 0 aromatic carbocycles. The Labute approximate surface area is 84.1 Å². The van der Waals surface area contributed by atoms with E-state index in [4.69, 9.17) is 0 Å². The summed E-state index contributed by atoms with van der Waals surface area (Å²) >= 11 is 0. The average molecular weight is 195 g/mol. The predicted molar refractivity (Wildman–Crippen MR) is 53.7 cm³/mol.